The van der Waals surface area contributed by atoms with Crippen LogP contribution >= 0.6 is 15.9 Å². The van der Waals surface area contributed by atoms with Gasteiger partial charge in [-0.25, -0.2) is 13.2 Å². The van der Waals surface area contributed by atoms with Crippen LogP contribution in [0.5, 0.6) is 0 Å². The summed E-state index contributed by atoms with van der Waals surface area (Å²) < 4.78 is 44.8. The Bertz CT molecular complexity index is 888. The highest BCUT2D eigenvalue weighted by molar-refractivity contribution is 9.10. The summed E-state index contributed by atoms with van der Waals surface area (Å²) in [7, 11) is 0. The van der Waals surface area contributed by atoms with E-state index < -0.39 is 23.3 Å². The van der Waals surface area contributed by atoms with E-state index in [9.17, 15) is 13.2 Å². The molecule has 1 heterocycles. The largest absolute Gasteiger partial charge is 0.399 e. The molecule has 144 valence electrons. The highest BCUT2D eigenvalue weighted by Crippen LogP contribution is 2.47. The van der Waals surface area contributed by atoms with Crippen LogP contribution in [0.15, 0.2) is 28.7 Å². The van der Waals surface area contributed by atoms with Gasteiger partial charge in [0.2, 0.25) is 0 Å². The van der Waals surface area contributed by atoms with Crippen molar-refractivity contribution in [2.24, 2.45) is 0 Å². The van der Waals surface area contributed by atoms with Crippen LogP contribution in [0.25, 0.3) is 0 Å². The number of hydrogen-bond acceptors (Lipinski definition) is 2. The summed E-state index contributed by atoms with van der Waals surface area (Å²) in [5, 5.41) is 0. The molecule has 0 radical (unpaired) electrons. The van der Waals surface area contributed by atoms with E-state index in [0.717, 1.165) is 16.7 Å². The van der Waals surface area contributed by atoms with Gasteiger partial charge in [0.1, 0.15) is 17.3 Å². The zero-order chi connectivity index (χ0) is 19.5. The molecule has 0 bridgehead atoms. The van der Waals surface area contributed by atoms with E-state index in [1.807, 2.05) is 24.8 Å². The Morgan fingerprint density at radius 1 is 1.22 bits per heavy atom. The number of nitrogens with zero attached hydrogens (tertiary/aromatic N) is 1. The third-order valence-electron chi connectivity index (χ3n) is 5.94. The fourth-order valence-corrected chi connectivity index (χ4v) is 4.57. The van der Waals surface area contributed by atoms with Gasteiger partial charge in [0.05, 0.1) is 6.04 Å². The average Bonchev–Trinajstić information content (AvgIpc) is 3.31. The molecule has 4 rings (SSSR count). The third kappa shape index (κ3) is 3.27. The summed E-state index contributed by atoms with van der Waals surface area (Å²) in [6.07, 6.45) is 1.68. The van der Waals surface area contributed by atoms with Crippen LogP contribution < -0.4 is 5.73 Å². The van der Waals surface area contributed by atoms with Gasteiger partial charge in [-0.05, 0) is 68.0 Å². The maximum absolute atomic E-state index is 14.9. The van der Waals surface area contributed by atoms with E-state index in [2.05, 4.69) is 15.9 Å². The Morgan fingerprint density at radius 2 is 1.85 bits per heavy atom. The number of rotatable bonds is 3. The van der Waals surface area contributed by atoms with Crippen LogP contribution in [0.2, 0.25) is 0 Å². The van der Waals surface area contributed by atoms with Crippen molar-refractivity contribution >= 4 is 21.6 Å². The van der Waals surface area contributed by atoms with E-state index >= 15 is 0 Å². The average molecular weight is 439 g/mol. The first kappa shape index (κ1) is 18.8. The molecule has 0 aromatic heterocycles. The minimum atomic E-state index is -1.25. The van der Waals surface area contributed by atoms with Crippen molar-refractivity contribution in [3.63, 3.8) is 0 Å². The van der Waals surface area contributed by atoms with Crippen LogP contribution in [-0.4, -0.2) is 23.2 Å². The van der Waals surface area contributed by atoms with Crippen molar-refractivity contribution in [1.82, 2.24) is 4.90 Å². The smallest absolute Gasteiger partial charge is 0.132 e. The van der Waals surface area contributed by atoms with Gasteiger partial charge in [-0.15, -0.1) is 0 Å². The number of benzene rings is 2. The predicted octanol–water partition coefficient (Wildman–Crippen LogP) is 5.46. The minimum absolute atomic E-state index is 0.0283. The lowest BCUT2D eigenvalue weighted by atomic mass is 9.82. The lowest BCUT2D eigenvalue weighted by molar-refractivity contribution is 0.0947. The lowest BCUT2D eigenvalue weighted by Crippen LogP contribution is -2.46. The van der Waals surface area contributed by atoms with Gasteiger partial charge < -0.3 is 5.73 Å². The molecule has 2 nitrogen and oxygen atoms in total. The SMILES string of the molecule is Cc1c(N)ccc2c1C[C@@H](C)N(CC1(F)CC1)[C@@H]2c1c(F)cc(Br)cc1F. The van der Waals surface area contributed by atoms with Crippen LogP contribution in [0.4, 0.5) is 18.9 Å². The topological polar surface area (TPSA) is 29.3 Å². The van der Waals surface area contributed by atoms with E-state index in [1.165, 1.54) is 12.1 Å². The molecule has 2 aromatic carbocycles. The zero-order valence-electron chi connectivity index (χ0n) is 15.3. The quantitative estimate of drug-likeness (QED) is 0.644. The summed E-state index contributed by atoms with van der Waals surface area (Å²) in [5.41, 5.74) is 8.20. The first-order valence-electron chi connectivity index (χ1n) is 9.17. The number of alkyl halides is 1. The Morgan fingerprint density at radius 3 is 2.44 bits per heavy atom. The predicted molar refractivity (Wildman–Crippen MR) is 104 cm³/mol. The molecule has 1 aliphatic heterocycles. The maximum Gasteiger partial charge on any atom is 0.132 e. The Balaban J connectivity index is 1.92. The number of hydrogen-bond donors (Lipinski definition) is 1. The van der Waals surface area contributed by atoms with Gasteiger partial charge in [-0.2, -0.15) is 0 Å². The van der Waals surface area contributed by atoms with Gasteiger partial charge in [0.25, 0.3) is 0 Å². The molecule has 2 atom stereocenters. The summed E-state index contributed by atoms with van der Waals surface area (Å²) in [5.74, 6) is -1.26. The van der Waals surface area contributed by atoms with Crippen molar-refractivity contribution < 1.29 is 13.2 Å². The first-order chi connectivity index (χ1) is 12.7. The fraction of sp³-hybridized carbons (Fsp3) is 0.429. The maximum atomic E-state index is 14.9. The van der Waals surface area contributed by atoms with Gasteiger partial charge >= 0.3 is 0 Å². The molecule has 0 unspecified atom stereocenters. The number of fused-ring (bicyclic) bond motifs is 1. The normalized spacial score (nSPS) is 23.9. The van der Waals surface area contributed by atoms with Crippen LogP contribution in [0, 0.1) is 18.6 Å². The molecule has 2 aliphatic rings. The number of halogens is 4. The minimum Gasteiger partial charge on any atom is -0.399 e. The number of anilines is 1. The van der Waals surface area contributed by atoms with Crippen LogP contribution in [0.1, 0.15) is 48.1 Å². The zero-order valence-corrected chi connectivity index (χ0v) is 16.9. The Labute approximate surface area is 165 Å². The van der Waals surface area contributed by atoms with Gasteiger partial charge in [0.15, 0.2) is 0 Å². The third-order valence-corrected chi connectivity index (χ3v) is 6.40. The molecule has 0 amide bonds. The molecule has 0 saturated heterocycles. The highest BCUT2D eigenvalue weighted by Gasteiger charge is 2.48. The molecule has 1 fully saturated rings. The lowest BCUT2D eigenvalue weighted by Gasteiger charge is -2.43. The molecule has 2 aromatic rings. The molecule has 1 saturated carbocycles. The standard InChI is InChI=1S/C21H22BrF3N2/c1-11-7-15-12(2)18(26)4-3-14(15)20(27(11)10-21(25)5-6-21)19-16(23)8-13(22)9-17(19)24/h3-4,8-9,11,20H,5-7,10,26H2,1-2H3/t11-,20+/m1/s1. The summed E-state index contributed by atoms with van der Waals surface area (Å²) >= 11 is 3.14. The molecular formula is C21H22BrF3N2. The molecule has 1 aliphatic carbocycles. The second-order valence-electron chi connectivity index (χ2n) is 7.91. The Kier molecular flexibility index (Phi) is 4.54. The van der Waals surface area contributed by atoms with Gasteiger partial charge in [0, 0.05) is 28.3 Å². The Hall–Kier alpha value is -1.53. The summed E-state index contributed by atoms with van der Waals surface area (Å²) in [6, 6.07) is 5.40. The number of nitrogen functional groups attached to an aromatic ring is 1. The van der Waals surface area contributed by atoms with Crippen molar-refractivity contribution in [3.8, 4) is 0 Å². The van der Waals surface area contributed by atoms with E-state index in [0.29, 0.717) is 29.4 Å². The molecule has 27 heavy (non-hydrogen) atoms. The monoisotopic (exact) mass is 438 g/mol. The van der Waals surface area contributed by atoms with Gasteiger partial charge in [-0.1, -0.05) is 22.0 Å². The second kappa shape index (κ2) is 6.52. The van der Waals surface area contributed by atoms with E-state index in [4.69, 9.17) is 5.73 Å². The molecule has 6 heteroatoms. The van der Waals surface area contributed by atoms with Crippen molar-refractivity contribution in [2.45, 2.75) is 50.9 Å². The van der Waals surface area contributed by atoms with E-state index in [-0.39, 0.29) is 18.2 Å². The molecular weight excluding hydrogens is 417 g/mol. The summed E-state index contributed by atoms with van der Waals surface area (Å²) in [4.78, 5) is 1.92. The fourth-order valence-electron chi connectivity index (χ4n) is 4.17. The second-order valence-corrected chi connectivity index (χ2v) is 8.83. The highest BCUT2D eigenvalue weighted by atomic mass is 79.9. The van der Waals surface area contributed by atoms with Crippen molar-refractivity contribution in [2.75, 3.05) is 12.3 Å². The number of nitrogens with two attached hydrogens (primary N) is 1. The van der Waals surface area contributed by atoms with Gasteiger partial charge in [-0.3, -0.25) is 4.90 Å². The van der Waals surface area contributed by atoms with Crippen molar-refractivity contribution in [3.05, 3.63) is 62.6 Å². The van der Waals surface area contributed by atoms with E-state index in [1.54, 1.807) is 6.07 Å². The molecule has 0 spiro atoms. The summed E-state index contributed by atoms with van der Waals surface area (Å²) in [6.45, 7) is 4.09. The van der Waals surface area contributed by atoms with Crippen LogP contribution in [-0.2, 0) is 6.42 Å². The van der Waals surface area contributed by atoms with Crippen molar-refractivity contribution in [1.29, 1.82) is 0 Å². The molecule has 2 N–H and O–H groups in total. The van der Waals surface area contributed by atoms with Crippen LogP contribution in [0.3, 0.4) is 0 Å². The first-order valence-corrected chi connectivity index (χ1v) is 9.96.